The van der Waals surface area contributed by atoms with Crippen molar-refractivity contribution in [3.05, 3.63) is 23.8 Å². The first-order valence-corrected chi connectivity index (χ1v) is 8.43. The molecule has 0 radical (unpaired) electrons. The molecule has 130 valence electrons. The number of carbonyl (C=O) groups excluding carboxylic acids is 1. The van der Waals surface area contributed by atoms with Crippen LogP contribution in [0.5, 0.6) is 11.5 Å². The summed E-state index contributed by atoms with van der Waals surface area (Å²) in [6.45, 7) is 0.306. The second-order valence-corrected chi connectivity index (χ2v) is 6.48. The number of carboxylic acids is 1. The van der Waals surface area contributed by atoms with Crippen molar-refractivity contribution < 1.29 is 24.2 Å². The lowest BCUT2D eigenvalue weighted by Crippen LogP contribution is -2.26. The first-order valence-electron chi connectivity index (χ1n) is 8.43. The fourth-order valence-electron chi connectivity index (χ4n) is 3.24. The van der Waals surface area contributed by atoms with Gasteiger partial charge < -0.3 is 19.9 Å². The topological polar surface area (TPSA) is 84.9 Å². The molecule has 0 unspecified atom stereocenters. The molecule has 2 N–H and O–H groups in total. The molecule has 2 fully saturated rings. The summed E-state index contributed by atoms with van der Waals surface area (Å²) in [4.78, 5) is 22.9. The van der Waals surface area contributed by atoms with Crippen molar-refractivity contribution in [2.45, 2.75) is 44.8 Å². The van der Waals surface area contributed by atoms with Crippen LogP contribution in [0.3, 0.4) is 0 Å². The number of aliphatic carboxylic acids is 1. The van der Waals surface area contributed by atoms with Gasteiger partial charge in [-0.05, 0) is 38.2 Å². The highest BCUT2D eigenvalue weighted by atomic mass is 16.5. The molecule has 1 aromatic carbocycles. The van der Waals surface area contributed by atoms with Crippen LogP contribution in [0.1, 0.15) is 37.7 Å². The number of hydrogen-bond donors (Lipinski definition) is 2. The quantitative estimate of drug-likeness (QED) is 0.800. The average molecular weight is 333 g/mol. The number of ether oxygens (including phenoxy) is 2. The molecule has 1 aromatic rings. The van der Waals surface area contributed by atoms with Gasteiger partial charge in [0.25, 0.3) is 0 Å². The van der Waals surface area contributed by atoms with E-state index in [0.29, 0.717) is 24.5 Å². The molecule has 2 saturated carbocycles. The molecular weight excluding hydrogens is 310 g/mol. The van der Waals surface area contributed by atoms with Crippen LogP contribution in [0.2, 0.25) is 0 Å². The van der Waals surface area contributed by atoms with Gasteiger partial charge in [0, 0.05) is 12.1 Å². The highest BCUT2D eigenvalue weighted by molar-refractivity contribution is 5.89. The molecule has 6 nitrogen and oxygen atoms in total. The Hall–Kier alpha value is -2.24. The highest BCUT2D eigenvalue weighted by Gasteiger charge is 2.48. The molecule has 0 saturated heterocycles. The number of rotatable bonds is 7. The molecule has 3 rings (SSSR count). The predicted octanol–water partition coefficient (Wildman–Crippen LogP) is 2.35. The number of nitrogens with one attached hydrogen (secondary N) is 1. The Balaban J connectivity index is 1.66. The maximum Gasteiger partial charge on any atom is 0.307 e. The van der Waals surface area contributed by atoms with E-state index in [9.17, 15) is 9.59 Å². The van der Waals surface area contributed by atoms with E-state index in [2.05, 4.69) is 5.32 Å². The van der Waals surface area contributed by atoms with E-state index in [1.165, 1.54) is 12.8 Å². The summed E-state index contributed by atoms with van der Waals surface area (Å²) in [5, 5.41) is 11.7. The zero-order chi connectivity index (χ0) is 17.1. The summed E-state index contributed by atoms with van der Waals surface area (Å²) >= 11 is 0. The van der Waals surface area contributed by atoms with Crippen molar-refractivity contribution in [2.75, 3.05) is 7.11 Å². The van der Waals surface area contributed by atoms with Gasteiger partial charge >= 0.3 is 5.97 Å². The van der Waals surface area contributed by atoms with Crippen LogP contribution in [0.15, 0.2) is 18.2 Å². The van der Waals surface area contributed by atoms with Gasteiger partial charge in [0.2, 0.25) is 5.91 Å². The molecule has 0 bridgehead atoms. The first-order chi connectivity index (χ1) is 11.6. The third-order valence-electron chi connectivity index (χ3n) is 4.76. The van der Waals surface area contributed by atoms with Gasteiger partial charge in [0.15, 0.2) is 11.5 Å². The smallest absolute Gasteiger partial charge is 0.307 e. The molecule has 1 amide bonds. The number of para-hydroxylation sites is 1. The summed E-state index contributed by atoms with van der Waals surface area (Å²) in [5.74, 6) is -0.725. The summed E-state index contributed by atoms with van der Waals surface area (Å²) in [7, 11) is 1.60. The zero-order valence-electron chi connectivity index (χ0n) is 13.8. The van der Waals surface area contributed by atoms with Crippen LogP contribution >= 0.6 is 0 Å². The monoisotopic (exact) mass is 333 g/mol. The van der Waals surface area contributed by atoms with E-state index in [-0.39, 0.29) is 12.0 Å². The van der Waals surface area contributed by atoms with Gasteiger partial charge in [-0.15, -0.1) is 0 Å². The van der Waals surface area contributed by atoms with Crippen LogP contribution < -0.4 is 14.8 Å². The fraction of sp³-hybridized carbons (Fsp3) is 0.556. The summed E-state index contributed by atoms with van der Waals surface area (Å²) in [5.41, 5.74) is 0.849. The van der Waals surface area contributed by atoms with E-state index < -0.39 is 17.8 Å². The minimum atomic E-state index is -0.901. The third kappa shape index (κ3) is 3.63. The Morgan fingerprint density at radius 3 is 2.62 bits per heavy atom. The standard InChI is InChI=1S/C18H23NO5/c1-23-15-8-4-5-11(16(15)24-12-6-2-3-7-12)10-19-17(20)13-9-14(13)18(21)22/h4-5,8,12-14H,2-3,6-7,9-10H2,1H3,(H,19,20)(H,21,22)/t13-,14+/m1/s1. The van der Waals surface area contributed by atoms with Gasteiger partial charge in [0.1, 0.15) is 0 Å². The van der Waals surface area contributed by atoms with Gasteiger partial charge in [-0.1, -0.05) is 12.1 Å². The van der Waals surface area contributed by atoms with Crippen LogP contribution in [0.25, 0.3) is 0 Å². The molecule has 0 aliphatic heterocycles. The second-order valence-electron chi connectivity index (χ2n) is 6.48. The van der Waals surface area contributed by atoms with E-state index in [1.807, 2.05) is 18.2 Å². The van der Waals surface area contributed by atoms with E-state index in [1.54, 1.807) is 7.11 Å². The van der Waals surface area contributed by atoms with Gasteiger partial charge in [-0.3, -0.25) is 9.59 Å². The lowest BCUT2D eigenvalue weighted by atomic mass is 10.1. The SMILES string of the molecule is COc1cccc(CNC(=O)[C@@H]2C[C@@H]2C(=O)O)c1OC1CCCC1. The average Bonchev–Trinajstić information content (AvgIpc) is 3.24. The molecule has 24 heavy (non-hydrogen) atoms. The molecule has 0 aromatic heterocycles. The van der Waals surface area contributed by atoms with Crippen molar-refractivity contribution in [1.29, 1.82) is 0 Å². The van der Waals surface area contributed by atoms with Crippen LogP contribution in [0, 0.1) is 11.8 Å². The van der Waals surface area contributed by atoms with Crippen molar-refractivity contribution >= 4 is 11.9 Å². The van der Waals surface area contributed by atoms with Gasteiger partial charge in [-0.25, -0.2) is 0 Å². The molecular formula is C18H23NO5. The number of methoxy groups -OCH3 is 1. The Labute approximate surface area is 141 Å². The third-order valence-corrected chi connectivity index (χ3v) is 4.76. The van der Waals surface area contributed by atoms with E-state index >= 15 is 0 Å². The Morgan fingerprint density at radius 2 is 2.00 bits per heavy atom. The minimum Gasteiger partial charge on any atom is -0.493 e. The second kappa shape index (κ2) is 7.11. The van der Waals surface area contributed by atoms with Crippen LogP contribution in [0.4, 0.5) is 0 Å². The van der Waals surface area contributed by atoms with Crippen molar-refractivity contribution in [3.8, 4) is 11.5 Å². The normalized spacial score (nSPS) is 22.9. The van der Waals surface area contributed by atoms with Crippen molar-refractivity contribution in [3.63, 3.8) is 0 Å². The van der Waals surface area contributed by atoms with Crippen molar-refractivity contribution in [2.24, 2.45) is 11.8 Å². The fourth-order valence-corrected chi connectivity index (χ4v) is 3.24. The zero-order valence-corrected chi connectivity index (χ0v) is 13.8. The minimum absolute atomic E-state index is 0.190. The number of hydrogen-bond acceptors (Lipinski definition) is 4. The van der Waals surface area contributed by atoms with Crippen LogP contribution in [-0.4, -0.2) is 30.2 Å². The lowest BCUT2D eigenvalue weighted by Gasteiger charge is -2.19. The summed E-state index contributed by atoms with van der Waals surface area (Å²) < 4.78 is 11.5. The molecule has 0 spiro atoms. The highest BCUT2D eigenvalue weighted by Crippen LogP contribution is 2.39. The Morgan fingerprint density at radius 1 is 1.25 bits per heavy atom. The summed E-state index contributed by atoms with van der Waals surface area (Å²) in [6.07, 6.45) is 5.02. The van der Waals surface area contributed by atoms with Gasteiger partial charge in [0.05, 0.1) is 25.0 Å². The largest absolute Gasteiger partial charge is 0.493 e. The molecule has 2 aliphatic carbocycles. The molecule has 2 atom stereocenters. The van der Waals surface area contributed by atoms with Crippen LogP contribution in [-0.2, 0) is 16.1 Å². The van der Waals surface area contributed by atoms with E-state index in [4.69, 9.17) is 14.6 Å². The predicted molar refractivity (Wildman–Crippen MR) is 87.0 cm³/mol. The molecule has 6 heteroatoms. The lowest BCUT2D eigenvalue weighted by molar-refractivity contribution is -0.140. The molecule has 2 aliphatic rings. The van der Waals surface area contributed by atoms with E-state index in [0.717, 1.165) is 18.4 Å². The molecule has 0 heterocycles. The van der Waals surface area contributed by atoms with Gasteiger partial charge in [-0.2, -0.15) is 0 Å². The Kier molecular flexibility index (Phi) is 4.92. The maximum atomic E-state index is 12.1. The maximum absolute atomic E-state index is 12.1. The number of carbonyl (C=O) groups is 2. The Bertz CT molecular complexity index is 624. The summed E-state index contributed by atoms with van der Waals surface area (Å²) in [6, 6.07) is 5.60. The number of benzene rings is 1. The first kappa shape index (κ1) is 16.6. The number of amides is 1. The van der Waals surface area contributed by atoms with Crippen molar-refractivity contribution in [1.82, 2.24) is 5.32 Å². The number of carboxylic acid groups (broad SMARTS) is 1.